The molecule has 1 aromatic carbocycles. The zero-order valence-electron chi connectivity index (χ0n) is 11.3. The second kappa shape index (κ2) is 6.35. The van der Waals surface area contributed by atoms with Crippen molar-refractivity contribution in [3.63, 3.8) is 0 Å². The van der Waals surface area contributed by atoms with E-state index >= 15 is 0 Å². The van der Waals surface area contributed by atoms with Crippen molar-refractivity contribution in [2.75, 3.05) is 17.2 Å². The summed E-state index contributed by atoms with van der Waals surface area (Å²) < 4.78 is 51.5. The fourth-order valence-electron chi connectivity index (χ4n) is 1.62. The summed E-state index contributed by atoms with van der Waals surface area (Å²) >= 11 is 5.83. The van der Waals surface area contributed by atoms with Gasteiger partial charge in [0, 0.05) is 12.6 Å². The van der Waals surface area contributed by atoms with Crippen LogP contribution in [0.5, 0.6) is 0 Å². The average Bonchev–Trinajstić information content (AvgIpc) is 2.41. The predicted octanol–water partition coefficient (Wildman–Crippen LogP) is 4.46. The van der Waals surface area contributed by atoms with Gasteiger partial charge in [0.15, 0.2) is 5.69 Å². The van der Waals surface area contributed by atoms with E-state index in [0.717, 1.165) is 18.2 Å². The van der Waals surface area contributed by atoms with E-state index in [1.807, 2.05) is 0 Å². The monoisotopic (exact) mass is 334 g/mol. The van der Waals surface area contributed by atoms with Crippen molar-refractivity contribution in [1.82, 2.24) is 9.97 Å². The molecule has 0 aliphatic rings. The lowest BCUT2D eigenvalue weighted by Crippen LogP contribution is -2.13. The number of hydrogen-bond donors (Lipinski definition) is 2. The van der Waals surface area contributed by atoms with Gasteiger partial charge in [-0.15, -0.1) is 0 Å². The Hall–Kier alpha value is -2.09. The minimum absolute atomic E-state index is 0.0252. The van der Waals surface area contributed by atoms with E-state index in [0.29, 0.717) is 6.54 Å². The van der Waals surface area contributed by atoms with Crippen LogP contribution in [-0.4, -0.2) is 16.5 Å². The van der Waals surface area contributed by atoms with Crippen LogP contribution in [0.4, 0.5) is 35.0 Å². The van der Waals surface area contributed by atoms with Crippen LogP contribution in [0.25, 0.3) is 0 Å². The van der Waals surface area contributed by atoms with Crippen LogP contribution >= 0.6 is 11.6 Å². The molecule has 1 aromatic heterocycles. The molecule has 0 radical (unpaired) electrons. The van der Waals surface area contributed by atoms with E-state index < -0.39 is 17.7 Å². The number of anilines is 3. The van der Waals surface area contributed by atoms with E-state index in [-0.39, 0.29) is 22.5 Å². The zero-order valence-corrected chi connectivity index (χ0v) is 12.1. The molecular formula is C13H11ClF4N4. The minimum atomic E-state index is -4.61. The summed E-state index contributed by atoms with van der Waals surface area (Å²) in [5, 5.41) is 5.26. The Labute approximate surface area is 128 Å². The lowest BCUT2D eigenvalue weighted by molar-refractivity contribution is -0.141. The summed E-state index contributed by atoms with van der Waals surface area (Å²) in [5.74, 6) is -0.826. The van der Waals surface area contributed by atoms with Gasteiger partial charge in [-0.1, -0.05) is 11.6 Å². The molecule has 118 valence electrons. The molecule has 0 amide bonds. The third kappa shape index (κ3) is 3.97. The third-order valence-electron chi connectivity index (χ3n) is 2.55. The van der Waals surface area contributed by atoms with Crippen LogP contribution in [0.1, 0.15) is 12.6 Å². The number of aromatic nitrogens is 2. The highest BCUT2D eigenvalue weighted by Crippen LogP contribution is 2.31. The van der Waals surface area contributed by atoms with E-state index in [2.05, 4.69) is 20.6 Å². The van der Waals surface area contributed by atoms with Gasteiger partial charge in [-0.25, -0.2) is 9.37 Å². The molecule has 22 heavy (non-hydrogen) atoms. The van der Waals surface area contributed by atoms with Gasteiger partial charge in [-0.05, 0) is 25.1 Å². The summed E-state index contributed by atoms with van der Waals surface area (Å²) in [6.07, 6.45) is -4.61. The first-order valence-electron chi connectivity index (χ1n) is 6.22. The number of hydrogen-bond acceptors (Lipinski definition) is 4. The third-order valence-corrected chi connectivity index (χ3v) is 2.86. The Morgan fingerprint density at radius 3 is 2.50 bits per heavy atom. The summed E-state index contributed by atoms with van der Waals surface area (Å²) in [4.78, 5) is 7.30. The molecule has 0 fully saturated rings. The van der Waals surface area contributed by atoms with Crippen LogP contribution in [0, 0.1) is 5.82 Å². The van der Waals surface area contributed by atoms with Crippen molar-refractivity contribution in [2.24, 2.45) is 0 Å². The molecule has 2 aromatic rings. The molecule has 0 aliphatic heterocycles. The van der Waals surface area contributed by atoms with Gasteiger partial charge in [-0.3, -0.25) is 0 Å². The van der Waals surface area contributed by atoms with Crippen molar-refractivity contribution in [3.05, 3.63) is 40.8 Å². The predicted molar refractivity (Wildman–Crippen MR) is 75.9 cm³/mol. The molecule has 0 saturated carbocycles. The molecule has 0 saturated heterocycles. The van der Waals surface area contributed by atoms with Gasteiger partial charge in [-0.2, -0.15) is 18.2 Å². The molecule has 2 N–H and O–H groups in total. The van der Waals surface area contributed by atoms with Gasteiger partial charge in [0.1, 0.15) is 11.6 Å². The highest BCUT2D eigenvalue weighted by atomic mass is 35.5. The summed E-state index contributed by atoms with van der Waals surface area (Å²) in [6, 6.07) is 4.23. The number of halogens is 5. The Balaban J connectivity index is 2.39. The summed E-state index contributed by atoms with van der Waals surface area (Å²) in [6.45, 7) is 2.06. The smallest absolute Gasteiger partial charge is 0.354 e. The van der Waals surface area contributed by atoms with Crippen molar-refractivity contribution >= 4 is 29.1 Å². The molecule has 2 rings (SSSR count). The molecule has 4 nitrogen and oxygen atoms in total. The highest BCUT2D eigenvalue weighted by Gasteiger charge is 2.33. The van der Waals surface area contributed by atoms with E-state index in [9.17, 15) is 17.6 Å². The zero-order chi connectivity index (χ0) is 16.3. The van der Waals surface area contributed by atoms with Crippen molar-refractivity contribution in [1.29, 1.82) is 0 Å². The molecule has 9 heteroatoms. The second-order valence-corrected chi connectivity index (χ2v) is 4.65. The highest BCUT2D eigenvalue weighted by molar-refractivity contribution is 6.33. The van der Waals surface area contributed by atoms with Crippen molar-refractivity contribution in [2.45, 2.75) is 13.1 Å². The quantitative estimate of drug-likeness (QED) is 0.810. The Morgan fingerprint density at radius 2 is 1.91 bits per heavy atom. The van der Waals surface area contributed by atoms with Gasteiger partial charge < -0.3 is 10.6 Å². The van der Waals surface area contributed by atoms with Crippen LogP contribution in [0.3, 0.4) is 0 Å². The average molecular weight is 335 g/mol. The largest absolute Gasteiger partial charge is 0.433 e. The molecule has 0 unspecified atom stereocenters. The summed E-state index contributed by atoms with van der Waals surface area (Å²) in [5.41, 5.74) is -0.864. The van der Waals surface area contributed by atoms with E-state index in [1.165, 1.54) is 6.07 Å². The first-order chi connectivity index (χ1) is 10.3. The maximum atomic E-state index is 13.0. The maximum Gasteiger partial charge on any atom is 0.433 e. The SMILES string of the molecule is CCNc1nc(Nc2ccc(F)cc2Cl)cc(C(F)(F)F)n1. The lowest BCUT2D eigenvalue weighted by Gasteiger charge is -2.13. The van der Waals surface area contributed by atoms with Gasteiger partial charge in [0.2, 0.25) is 5.95 Å². The number of alkyl halides is 3. The maximum absolute atomic E-state index is 13.0. The van der Waals surface area contributed by atoms with Gasteiger partial charge in [0.05, 0.1) is 10.7 Å². The molecule has 1 heterocycles. The van der Waals surface area contributed by atoms with Crippen LogP contribution < -0.4 is 10.6 Å². The van der Waals surface area contributed by atoms with Crippen LogP contribution in [0.2, 0.25) is 5.02 Å². The summed E-state index contributed by atoms with van der Waals surface area (Å²) in [7, 11) is 0. The van der Waals surface area contributed by atoms with E-state index in [1.54, 1.807) is 6.92 Å². The number of nitrogens with one attached hydrogen (secondary N) is 2. The fourth-order valence-corrected chi connectivity index (χ4v) is 1.84. The van der Waals surface area contributed by atoms with Crippen molar-refractivity contribution < 1.29 is 17.6 Å². The Kier molecular flexibility index (Phi) is 4.70. The minimum Gasteiger partial charge on any atom is -0.354 e. The van der Waals surface area contributed by atoms with Crippen LogP contribution in [0.15, 0.2) is 24.3 Å². The fraction of sp³-hybridized carbons (Fsp3) is 0.231. The molecule has 0 bridgehead atoms. The second-order valence-electron chi connectivity index (χ2n) is 4.24. The van der Waals surface area contributed by atoms with E-state index in [4.69, 9.17) is 11.6 Å². The van der Waals surface area contributed by atoms with Crippen LogP contribution in [-0.2, 0) is 6.18 Å². The first kappa shape index (κ1) is 16.3. The van der Waals surface area contributed by atoms with Gasteiger partial charge >= 0.3 is 6.18 Å². The topological polar surface area (TPSA) is 49.8 Å². The lowest BCUT2D eigenvalue weighted by atomic mass is 10.3. The molecular weight excluding hydrogens is 324 g/mol. The standard InChI is InChI=1S/C13H11ClF4N4/c1-2-19-12-21-10(13(16,17)18)6-11(22-12)20-9-4-3-7(15)5-8(9)14/h3-6H,2H2,1H3,(H2,19,20,21,22). The number of rotatable bonds is 4. The number of nitrogens with zero attached hydrogens (tertiary/aromatic N) is 2. The molecule has 0 spiro atoms. The Bertz CT molecular complexity index is 676. The molecule has 0 atom stereocenters. The molecule has 0 aliphatic carbocycles. The normalized spacial score (nSPS) is 11.4. The first-order valence-corrected chi connectivity index (χ1v) is 6.59. The Morgan fingerprint density at radius 1 is 1.18 bits per heavy atom. The van der Waals surface area contributed by atoms with Crippen molar-refractivity contribution in [3.8, 4) is 0 Å². The van der Waals surface area contributed by atoms with Gasteiger partial charge in [0.25, 0.3) is 0 Å². The number of benzene rings is 1.